The lowest BCUT2D eigenvalue weighted by atomic mass is 10.1. The van der Waals surface area contributed by atoms with Crippen LogP contribution in [0.25, 0.3) is 0 Å². The van der Waals surface area contributed by atoms with Gasteiger partial charge >= 0.3 is 0 Å². The third-order valence-corrected chi connectivity index (χ3v) is 5.49. The van der Waals surface area contributed by atoms with E-state index in [-0.39, 0.29) is 23.4 Å². The van der Waals surface area contributed by atoms with Crippen molar-refractivity contribution in [1.82, 2.24) is 0 Å². The molecule has 2 aromatic rings. The van der Waals surface area contributed by atoms with Gasteiger partial charge in [0.2, 0.25) is 11.8 Å². The lowest BCUT2D eigenvalue weighted by Crippen LogP contribution is -2.31. The molecule has 7 nitrogen and oxygen atoms in total. The monoisotopic (exact) mass is 430 g/mol. The number of ether oxygens (including phenoxy) is 1. The summed E-state index contributed by atoms with van der Waals surface area (Å²) in [5, 5.41) is 8.18. The molecule has 2 aromatic carbocycles. The average molecular weight is 431 g/mol. The molecular formula is C20H19ClN4O3S. The highest BCUT2D eigenvalue weighted by atomic mass is 35.5. The van der Waals surface area contributed by atoms with Crippen LogP contribution in [-0.4, -0.2) is 35.1 Å². The Morgan fingerprint density at radius 1 is 1.14 bits per heavy atom. The maximum absolute atomic E-state index is 12.7. The second kappa shape index (κ2) is 9.11. The van der Waals surface area contributed by atoms with Gasteiger partial charge < -0.3 is 10.5 Å². The fraction of sp³-hybridized carbons (Fsp3) is 0.200. The van der Waals surface area contributed by atoms with Crippen molar-refractivity contribution in [2.45, 2.75) is 18.6 Å². The zero-order valence-electron chi connectivity index (χ0n) is 15.8. The summed E-state index contributed by atoms with van der Waals surface area (Å²) in [6.07, 6.45) is 0.0473. The van der Waals surface area contributed by atoms with E-state index in [2.05, 4.69) is 10.2 Å². The number of nitrogens with two attached hydrogens (primary N) is 1. The molecule has 1 aliphatic heterocycles. The highest BCUT2D eigenvalue weighted by Gasteiger charge is 2.40. The van der Waals surface area contributed by atoms with Crippen molar-refractivity contribution >= 4 is 51.7 Å². The standard InChI is InChI=1S/C20H19ClN4O3S/c1-12(13-3-5-14(21)6-4-13)23-24-20(22)29-17-11-18(26)25(19(17)27)15-7-9-16(28-2)10-8-15/h3-10,17H,11H2,1-2H3,(H2,22,24)/b23-12+. The number of methoxy groups -OCH3 is 1. The Morgan fingerprint density at radius 2 is 1.79 bits per heavy atom. The Morgan fingerprint density at radius 3 is 2.41 bits per heavy atom. The summed E-state index contributed by atoms with van der Waals surface area (Å²) >= 11 is 6.90. The van der Waals surface area contributed by atoms with Gasteiger partial charge in [0.15, 0.2) is 5.17 Å². The smallest absolute Gasteiger partial charge is 0.247 e. The van der Waals surface area contributed by atoms with Crippen molar-refractivity contribution in [1.29, 1.82) is 0 Å². The summed E-state index contributed by atoms with van der Waals surface area (Å²) in [4.78, 5) is 26.2. The number of halogens is 1. The predicted octanol–water partition coefficient (Wildman–Crippen LogP) is 3.45. The van der Waals surface area contributed by atoms with E-state index in [0.29, 0.717) is 22.2 Å². The van der Waals surface area contributed by atoms with E-state index in [1.54, 1.807) is 50.4 Å². The molecule has 0 bridgehead atoms. The molecule has 0 saturated carbocycles. The van der Waals surface area contributed by atoms with Crippen LogP contribution in [-0.2, 0) is 9.59 Å². The van der Waals surface area contributed by atoms with Gasteiger partial charge in [-0.05, 0) is 48.9 Å². The lowest BCUT2D eigenvalue weighted by molar-refractivity contribution is -0.121. The van der Waals surface area contributed by atoms with Gasteiger partial charge in [0, 0.05) is 11.4 Å². The van der Waals surface area contributed by atoms with Crippen LogP contribution in [0.1, 0.15) is 18.9 Å². The maximum atomic E-state index is 12.7. The fourth-order valence-electron chi connectivity index (χ4n) is 2.74. The van der Waals surface area contributed by atoms with Gasteiger partial charge in [-0.15, -0.1) is 5.10 Å². The van der Waals surface area contributed by atoms with Gasteiger partial charge in [0.05, 0.1) is 18.5 Å². The van der Waals surface area contributed by atoms with Crippen LogP contribution in [0.3, 0.4) is 0 Å². The fourth-order valence-corrected chi connectivity index (χ4v) is 3.68. The molecule has 1 unspecified atom stereocenters. The number of thioether (sulfide) groups is 1. The number of hydrogen-bond donors (Lipinski definition) is 1. The predicted molar refractivity (Wildman–Crippen MR) is 117 cm³/mol. The van der Waals surface area contributed by atoms with Crippen molar-refractivity contribution in [3.8, 4) is 5.75 Å². The molecule has 9 heteroatoms. The molecule has 0 spiro atoms. The first kappa shape index (κ1) is 20.9. The molecule has 3 rings (SSSR count). The molecule has 1 aliphatic rings. The second-order valence-corrected chi connectivity index (χ2v) is 7.87. The Hall–Kier alpha value is -2.84. The van der Waals surface area contributed by atoms with Crippen LogP contribution in [0, 0.1) is 0 Å². The van der Waals surface area contributed by atoms with Crippen LogP contribution in [0.15, 0.2) is 58.7 Å². The summed E-state index contributed by atoms with van der Waals surface area (Å²) in [7, 11) is 1.55. The summed E-state index contributed by atoms with van der Waals surface area (Å²) in [6.45, 7) is 1.79. The van der Waals surface area contributed by atoms with Crippen LogP contribution in [0.2, 0.25) is 5.02 Å². The van der Waals surface area contributed by atoms with Crippen molar-refractivity contribution in [2.24, 2.45) is 15.9 Å². The number of carbonyl (C=O) groups excluding carboxylic acids is 2. The molecule has 1 atom stereocenters. The summed E-state index contributed by atoms with van der Waals surface area (Å²) in [5.74, 6) is 0.0251. The van der Waals surface area contributed by atoms with Gasteiger partial charge in [-0.25, -0.2) is 4.90 Å². The summed E-state index contributed by atoms with van der Waals surface area (Å²) < 4.78 is 5.10. The molecule has 1 heterocycles. The first-order valence-electron chi connectivity index (χ1n) is 8.70. The van der Waals surface area contributed by atoms with Gasteiger partial charge in [-0.1, -0.05) is 35.5 Å². The molecule has 1 saturated heterocycles. The molecule has 150 valence electrons. The Bertz CT molecular complexity index is 974. The lowest BCUT2D eigenvalue weighted by Gasteiger charge is -2.15. The Labute approximate surface area is 177 Å². The summed E-state index contributed by atoms with van der Waals surface area (Å²) in [6, 6.07) is 13.9. The molecule has 0 radical (unpaired) electrons. The van der Waals surface area contributed by atoms with E-state index in [9.17, 15) is 9.59 Å². The molecule has 29 heavy (non-hydrogen) atoms. The Balaban J connectivity index is 1.68. The minimum Gasteiger partial charge on any atom is -0.497 e. The number of anilines is 1. The van der Waals surface area contributed by atoms with Crippen molar-refractivity contribution in [3.05, 3.63) is 59.1 Å². The minimum atomic E-state index is -0.639. The first-order valence-corrected chi connectivity index (χ1v) is 9.96. The molecule has 2 amide bonds. The molecule has 2 N–H and O–H groups in total. The van der Waals surface area contributed by atoms with Gasteiger partial charge in [-0.3, -0.25) is 9.59 Å². The highest BCUT2D eigenvalue weighted by Crippen LogP contribution is 2.30. The van der Waals surface area contributed by atoms with Gasteiger partial charge in [0.25, 0.3) is 0 Å². The molecule has 1 fully saturated rings. The highest BCUT2D eigenvalue weighted by molar-refractivity contribution is 8.14. The van der Waals surface area contributed by atoms with E-state index in [1.807, 2.05) is 12.1 Å². The quantitative estimate of drug-likeness (QED) is 0.339. The third kappa shape index (κ3) is 4.96. The number of hydrogen-bond acceptors (Lipinski definition) is 6. The largest absolute Gasteiger partial charge is 0.497 e. The minimum absolute atomic E-state index is 0.0473. The topological polar surface area (TPSA) is 97.3 Å². The number of amidine groups is 1. The number of benzene rings is 2. The van der Waals surface area contributed by atoms with Crippen molar-refractivity contribution in [3.63, 3.8) is 0 Å². The molecule has 0 aliphatic carbocycles. The van der Waals surface area contributed by atoms with Crippen LogP contribution in [0.4, 0.5) is 5.69 Å². The zero-order valence-corrected chi connectivity index (χ0v) is 17.4. The van der Waals surface area contributed by atoms with Gasteiger partial charge in [0.1, 0.15) is 11.0 Å². The average Bonchev–Trinajstić information content (AvgIpc) is 2.99. The number of imide groups is 1. The van der Waals surface area contributed by atoms with Gasteiger partial charge in [-0.2, -0.15) is 5.10 Å². The van der Waals surface area contributed by atoms with E-state index >= 15 is 0 Å². The second-order valence-electron chi connectivity index (χ2n) is 6.21. The molecule has 0 aromatic heterocycles. The normalized spacial score (nSPS) is 17.8. The maximum Gasteiger partial charge on any atom is 0.247 e. The number of carbonyl (C=O) groups is 2. The van der Waals surface area contributed by atoms with Crippen LogP contribution in [0.5, 0.6) is 5.75 Å². The number of rotatable bonds is 5. The first-order chi connectivity index (χ1) is 13.9. The van der Waals surface area contributed by atoms with E-state index < -0.39 is 5.25 Å². The number of nitrogens with zero attached hydrogens (tertiary/aromatic N) is 3. The third-order valence-electron chi connectivity index (χ3n) is 4.26. The van der Waals surface area contributed by atoms with E-state index in [0.717, 1.165) is 22.2 Å². The number of amides is 2. The SMILES string of the molecule is COc1ccc(N2C(=O)CC(S/C(N)=N/N=C(\C)c3ccc(Cl)cc3)C2=O)cc1. The van der Waals surface area contributed by atoms with Crippen LogP contribution < -0.4 is 15.4 Å². The van der Waals surface area contributed by atoms with Crippen molar-refractivity contribution < 1.29 is 14.3 Å². The Kier molecular flexibility index (Phi) is 6.56. The summed E-state index contributed by atoms with van der Waals surface area (Å²) in [5.41, 5.74) is 7.92. The van der Waals surface area contributed by atoms with Crippen molar-refractivity contribution in [2.75, 3.05) is 12.0 Å². The molecular weight excluding hydrogens is 412 g/mol. The van der Waals surface area contributed by atoms with E-state index in [1.165, 1.54) is 0 Å². The van der Waals surface area contributed by atoms with E-state index in [4.69, 9.17) is 22.1 Å². The zero-order chi connectivity index (χ0) is 21.0. The van der Waals surface area contributed by atoms with Crippen LogP contribution >= 0.6 is 23.4 Å².